The third-order valence-corrected chi connectivity index (χ3v) is 8.58. The lowest BCUT2D eigenvalue weighted by Gasteiger charge is -2.53. The Morgan fingerprint density at radius 2 is 2.10 bits per heavy atom. The molecule has 1 saturated heterocycles. The van der Waals surface area contributed by atoms with Crippen molar-refractivity contribution >= 4 is 5.91 Å². The molecular formula is C26H35N3O2. The van der Waals surface area contributed by atoms with Crippen LogP contribution in [0, 0.1) is 36.5 Å². The quantitative estimate of drug-likeness (QED) is 0.764. The molecule has 1 amide bonds. The molecule has 1 aliphatic heterocycles. The van der Waals surface area contributed by atoms with Gasteiger partial charge < -0.3 is 10.1 Å². The molecule has 5 rings (SSSR count). The van der Waals surface area contributed by atoms with E-state index in [1.54, 1.807) is 0 Å². The molecule has 1 N–H and O–H groups in total. The van der Waals surface area contributed by atoms with Crippen LogP contribution in [0.5, 0.6) is 0 Å². The van der Waals surface area contributed by atoms with E-state index in [2.05, 4.69) is 61.5 Å². The van der Waals surface area contributed by atoms with E-state index in [-0.39, 0.29) is 28.9 Å². The van der Waals surface area contributed by atoms with Gasteiger partial charge in [-0.2, -0.15) is 5.10 Å². The second kappa shape index (κ2) is 7.19. The van der Waals surface area contributed by atoms with Crippen molar-refractivity contribution < 1.29 is 9.53 Å². The normalized spacial score (nSPS) is 33.3. The van der Waals surface area contributed by atoms with Crippen LogP contribution in [0.15, 0.2) is 30.3 Å². The Morgan fingerprint density at radius 1 is 1.29 bits per heavy atom. The molecule has 31 heavy (non-hydrogen) atoms. The fourth-order valence-corrected chi connectivity index (χ4v) is 7.10. The van der Waals surface area contributed by atoms with Crippen LogP contribution in [0.1, 0.15) is 69.5 Å². The number of carbonyl (C=O) groups is 1. The van der Waals surface area contributed by atoms with Gasteiger partial charge in [0, 0.05) is 24.8 Å². The molecule has 2 saturated carbocycles. The number of aryl methyl sites for hydroxylation is 2. The summed E-state index contributed by atoms with van der Waals surface area (Å²) in [4.78, 5) is 12.4. The van der Waals surface area contributed by atoms with Gasteiger partial charge >= 0.3 is 0 Å². The highest BCUT2D eigenvalue weighted by Gasteiger charge is 2.68. The van der Waals surface area contributed by atoms with Crippen molar-refractivity contribution in [2.24, 2.45) is 22.7 Å². The monoisotopic (exact) mass is 421 g/mol. The average molecular weight is 422 g/mol. The van der Waals surface area contributed by atoms with E-state index in [0.717, 1.165) is 30.1 Å². The summed E-state index contributed by atoms with van der Waals surface area (Å²) in [7, 11) is 0. The first-order valence-electron chi connectivity index (χ1n) is 11.8. The lowest BCUT2D eigenvalue weighted by atomic mass is 9.59. The molecule has 0 radical (unpaired) electrons. The lowest BCUT2D eigenvalue weighted by molar-refractivity contribution is -0.137. The van der Waals surface area contributed by atoms with Crippen LogP contribution in [-0.2, 0) is 9.53 Å². The van der Waals surface area contributed by atoms with E-state index in [1.165, 1.54) is 18.4 Å². The Kier molecular flexibility index (Phi) is 4.81. The van der Waals surface area contributed by atoms with Gasteiger partial charge in [0.1, 0.15) is 0 Å². The molecule has 1 aromatic carbocycles. The zero-order valence-electron chi connectivity index (χ0n) is 19.4. The molecule has 3 aliphatic rings. The number of hydrogen-bond acceptors (Lipinski definition) is 3. The summed E-state index contributed by atoms with van der Waals surface area (Å²) in [5.74, 6) is 1.24. The fourth-order valence-electron chi connectivity index (χ4n) is 7.10. The number of rotatable bonds is 4. The topological polar surface area (TPSA) is 56.2 Å². The van der Waals surface area contributed by atoms with Crippen molar-refractivity contribution in [2.75, 3.05) is 6.61 Å². The molecule has 2 bridgehead atoms. The van der Waals surface area contributed by atoms with Gasteiger partial charge in [0.2, 0.25) is 5.91 Å². The molecule has 2 aliphatic carbocycles. The van der Waals surface area contributed by atoms with E-state index in [0.29, 0.717) is 18.3 Å². The van der Waals surface area contributed by atoms with E-state index in [4.69, 9.17) is 4.74 Å². The standard InChI is InChI=1S/C26H35N3O2/c1-6-22(30)27-24-25(4,5)19-14-21-23(31-11-10-26(21,24)15-19)18-8-7-9-20(13-18)29-17(3)12-16(2)28-29/h7-9,12-13,19,21,23-24H,6,10-11,14-15H2,1-5H3,(H,27,30)/t19-,21-,23-,24+,26?/m1/s1. The Labute approximate surface area is 185 Å². The number of amides is 1. The summed E-state index contributed by atoms with van der Waals surface area (Å²) < 4.78 is 8.48. The molecule has 1 unspecified atom stereocenters. The van der Waals surface area contributed by atoms with E-state index >= 15 is 0 Å². The first-order chi connectivity index (χ1) is 14.8. The molecule has 2 heterocycles. The maximum Gasteiger partial charge on any atom is 0.219 e. The highest BCUT2D eigenvalue weighted by Crippen LogP contribution is 2.70. The van der Waals surface area contributed by atoms with E-state index in [1.807, 2.05) is 18.5 Å². The first-order valence-corrected chi connectivity index (χ1v) is 11.8. The number of benzene rings is 1. The minimum Gasteiger partial charge on any atom is -0.373 e. The van der Waals surface area contributed by atoms with Gasteiger partial charge in [-0.1, -0.05) is 32.9 Å². The predicted octanol–water partition coefficient (Wildman–Crippen LogP) is 4.90. The summed E-state index contributed by atoms with van der Waals surface area (Å²) >= 11 is 0. The summed E-state index contributed by atoms with van der Waals surface area (Å²) in [5.41, 5.74) is 4.76. The molecule has 1 spiro atoms. The summed E-state index contributed by atoms with van der Waals surface area (Å²) in [6, 6.07) is 11.0. The van der Waals surface area contributed by atoms with E-state index < -0.39 is 0 Å². The van der Waals surface area contributed by atoms with Crippen LogP contribution in [0.2, 0.25) is 0 Å². The molecule has 3 fully saturated rings. The van der Waals surface area contributed by atoms with E-state index in [9.17, 15) is 4.79 Å². The Bertz CT molecular complexity index is 1010. The SMILES string of the molecule is CCC(=O)N[C@H]1C(C)(C)[C@@H]2C[C@@H]3[C@@H](c4cccc(-n5nc(C)cc5C)c4)OCCC31C2. The minimum absolute atomic E-state index is 0.0767. The molecule has 5 heteroatoms. The van der Waals surface area contributed by atoms with Gasteiger partial charge in [-0.25, -0.2) is 4.68 Å². The molecule has 1 aromatic heterocycles. The summed E-state index contributed by atoms with van der Waals surface area (Å²) in [6.07, 6.45) is 4.05. The number of carbonyl (C=O) groups excluding carboxylic acids is 1. The van der Waals surface area contributed by atoms with Crippen molar-refractivity contribution in [3.63, 3.8) is 0 Å². The molecule has 5 atom stereocenters. The zero-order chi connectivity index (χ0) is 22.0. The van der Waals surface area contributed by atoms with Crippen molar-refractivity contribution in [3.8, 4) is 5.69 Å². The third kappa shape index (κ3) is 3.07. The zero-order valence-corrected chi connectivity index (χ0v) is 19.4. The van der Waals surface area contributed by atoms with Crippen LogP contribution in [0.25, 0.3) is 5.69 Å². The number of aromatic nitrogens is 2. The van der Waals surface area contributed by atoms with Crippen LogP contribution < -0.4 is 5.32 Å². The second-order valence-electron chi connectivity index (χ2n) is 10.6. The maximum absolute atomic E-state index is 12.4. The van der Waals surface area contributed by atoms with Gasteiger partial charge in [-0.15, -0.1) is 0 Å². The Balaban J connectivity index is 1.50. The Morgan fingerprint density at radius 3 is 2.81 bits per heavy atom. The molecular weight excluding hydrogens is 386 g/mol. The highest BCUT2D eigenvalue weighted by molar-refractivity contribution is 5.76. The van der Waals surface area contributed by atoms with Crippen LogP contribution in [-0.4, -0.2) is 28.3 Å². The summed E-state index contributed by atoms with van der Waals surface area (Å²) in [5, 5.41) is 8.12. The lowest BCUT2D eigenvalue weighted by Crippen LogP contribution is -2.58. The smallest absolute Gasteiger partial charge is 0.219 e. The molecule has 5 nitrogen and oxygen atoms in total. The fraction of sp³-hybridized carbons (Fsp3) is 0.615. The number of ether oxygens (including phenoxy) is 1. The number of nitrogens with one attached hydrogen (secondary N) is 1. The van der Waals surface area contributed by atoms with Crippen molar-refractivity contribution in [2.45, 2.75) is 72.4 Å². The number of fused-ring (bicyclic) bond motifs is 1. The predicted molar refractivity (Wildman–Crippen MR) is 121 cm³/mol. The Hall–Kier alpha value is -2.14. The highest BCUT2D eigenvalue weighted by atomic mass is 16.5. The summed E-state index contributed by atoms with van der Waals surface area (Å²) in [6.45, 7) is 11.5. The van der Waals surface area contributed by atoms with Gasteiger partial charge in [0.05, 0.1) is 17.5 Å². The van der Waals surface area contributed by atoms with Crippen LogP contribution in [0.3, 0.4) is 0 Å². The maximum atomic E-state index is 12.4. The van der Waals surface area contributed by atoms with Crippen molar-refractivity contribution in [1.82, 2.24) is 15.1 Å². The third-order valence-electron chi connectivity index (χ3n) is 8.58. The largest absolute Gasteiger partial charge is 0.373 e. The number of hydrogen-bond donors (Lipinski definition) is 1. The minimum atomic E-state index is 0.0767. The van der Waals surface area contributed by atoms with Crippen LogP contribution in [0.4, 0.5) is 0 Å². The average Bonchev–Trinajstić information content (AvgIpc) is 3.36. The number of nitrogens with zero attached hydrogens (tertiary/aromatic N) is 2. The van der Waals surface area contributed by atoms with Gasteiger partial charge in [0.25, 0.3) is 0 Å². The van der Waals surface area contributed by atoms with Crippen LogP contribution >= 0.6 is 0 Å². The van der Waals surface area contributed by atoms with Gasteiger partial charge in [0.15, 0.2) is 0 Å². The molecule has 166 valence electrons. The van der Waals surface area contributed by atoms with Crippen molar-refractivity contribution in [1.29, 1.82) is 0 Å². The van der Waals surface area contributed by atoms with Gasteiger partial charge in [-0.3, -0.25) is 4.79 Å². The second-order valence-corrected chi connectivity index (χ2v) is 10.6. The molecule has 2 aromatic rings. The van der Waals surface area contributed by atoms with Gasteiger partial charge in [-0.05, 0) is 79.5 Å². The first kappa shape index (κ1) is 20.7. The van der Waals surface area contributed by atoms with Crippen molar-refractivity contribution in [3.05, 3.63) is 47.3 Å².